The highest BCUT2D eigenvalue weighted by atomic mass is 14.8. The van der Waals surface area contributed by atoms with Gasteiger partial charge in [0.15, 0.2) is 0 Å². The van der Waals surface area contributed by atoms with Crippen LogP contribution in [0.5, 0.6) is 0 Å². The van der Waals surface area contributed by atoms with E-state index >= 15 is 0 Å². The van der Waals surface area contributed by atoms with Crippen LogP contribution in [0.2, 0.25) is 0 Å². The van der Waals surface area contributed by atoms with Crippen LogP contribution in [0.25, 0.3) is 6.08 Å². The highest BCUT2D eigenvalue weighted by Crippen LogP contribution is 2.00. The van der Waals surface area contributed by atoms with Gasteiger partial charge in [0.25, 0.3) is 0 Å². The van der Waals surface area contributed by atoms with Gasteiger partial charge in [-0.2, -0.15) is 0 Å². The molecular formula is C8H10N2. The van der Waals surface area contributed by atoms with Crippen molar-refractivity contribution < 1.29 is 0 Å². The zero-order valence-corrected chi connectivity index (χ0v) is 6.20. The van der Waals surface area contributed by atoms with Crippen molar-refractivity contribution in [2.45, 2.75) is 13.8 Å². The Bertz CT molecular complexity index is 241. The van der Waals surface area contributed by atoms with E-state index in [4.69, 9.17) is 0 Å². The van der Waals surface area contributed by atoms with Crippen molar-refractivity contribution in [2.24, 2.45) is 0 Å². The summed E-state index contributed by atoms with van der Waals surface area (Å²) in [4.78, 5) is 8.20. The van der Waals surface area contributed by atoms with Crippen molar-refractivity contribution >= 4 is 6.08 Å². The minimum absolute atomic E-state index is 0.949. The largest absolute Gasteiger partial charge is 0.258 e. The van der Waals surface area contributed by atoms with E-state index in [0.29, 0.717) is 0 Å². The monoisotopic (exact) mass is 134 g/mol. The first-order valence-corrected chi connectivity index (χ1v) is 3.25. The van der Waals surface area contributed by atoms with Crippen molar-refractivity contribution in [3.63, 3.8) is 0 Å². The summed E-state index contributed by atoms with van der Waals surface area (Å²) in [5, 5.41) is 0. The lowest BCUT2D eigenvalue weighted by atomic mass is 10.3. The molecule has 0 aromatic carbocycles. The molecule has 0 saturated carbocycles. The van der Waals surface area contributed by atoms with Crippen LogP contribution in [0.1, 0.15) is 18.3 Å². The highest BCUT2D eigenvalue weighted by Gasteiger charge is 1.91. The molecular weight excluding hydrogens is 124 g/mol. The summed E-state index contributed by atoms with van der Waals surface area (Å²) in [5.74, 6) is 0. The van der Waals surface area contributed by atoms with Crippen LogP contribution < -0.4 is 0 Å². The third kappa shape index (κ3) is 1.41. The van der Waals surface area contributed by atoms with Crippen LogP contribution in [0.3, 0.4) is 0 Å². The van der Waals surface area contributed by atoms with Crippen molar-refractivity contribution in [1.29, 1.82) is 0 Å². The maximum absolute atomic E-state index is 4.12. The molecule has 0 radical (unpaired) electrons. The molecule has 0 unspecified atom stereocenters. The fourth-order valence-corrected chi connectivity index (χ4v) is 0.740. The molecule has 0 aliphatic rings. The van der Waals surface area contributed by atoms with Crippen LogP contribution in [0.15, 0.2) is 18.5 Å². The molecule has 2 heteroatoms. The topological polar surface area (TPSA) is 25.8 Å². The maximum Gasteiger partial charge on any atom is 0.0838 e. The van der Waals surface area contributed by atoms with E-state index in [2.05, 4.69) is 9.97 Å². The van der Waals surface area contributed by atoms with Gasteiger partial charge in [-0.25, -0.2) is 0 Å². The highest BCUT2D eigenvalue weighted by molar-refractivity contribution is 5.45. The Morgan fingerprint density at radius 3 is 2.60 bits per heavy atom. The number of hydrogen-bond donors (Lipinski definition) is 0. The van der Waals surface area contributed by atoms with Gasteiger partial charge in [0.05, 0.1) is 11.4 Å². The van der Waals surface area contributed by atoms with Crippen LogP contribution in [-0.2, 0) is 0 Å². The summed E-state index contributed by atoms with van der Waals surface area (Å²) >= 11 is 0. The molecule has 0 saturated heterocycles. The Hall–Kier alpha value is -1.18. The lowest BCUT2D eigenvalue weighted by molar-refractivity contribution is 1.10. The second kappa shape index (κ2) is 3.11. The van der Waals surface area contributed by atoms with Crippen LogP contribution >= 0.6 is 0 Å². The minimum Gasteiger partial charge on any atom is -0.258 e. The molecule has 2 nitrogen and oxygen atoms in total. The summed E-state index contributed by atoms with van der Waals surface area (Å²) in [6, 6.07) is 0. The number of aromatic nitrogens is 2. The summed E-state index contributed by atoms with van der Waals surface area (Å²) in [6.45, 7) is 3.91. The van der Waals surface area contributed by atoms with E-state index in [0.717, 1.165) is 11.4 Å². The number of hydrogen-bond acceptors (Lipinski definition) is 2. The Morgan fingerprint density at radius 1 is 1.30 bits per heavy atom. The molecule has 1 rings (SSSR count). The molecule has 52 valence electrons. The van der Waals surface area contributed by atoms with Crippen LogP contribution in [0, 0.1) is 6.92 Å². The fraction of sp³-hybridized carbons (Fsp3) is 0.250. The lowest BCUT2D eigenvalue weighted by Crippen LogP contribution is -1.87. The van der Waals surface area contributed by atoms with Gasteiger partial charge in [0, 0.05) is 12.4 Å². The van der Waals surface area contributed by atoms with Crippen molar-refractivity contribution in [1.82, 2.24) is 9.97 Å². The van der Waals surface area contributed by atoms with E-state index in [1.165, 1.54) is 0 Å². The number of nitrogens with zero attached hydrogens (tertiary/aromatic N) is 2. The van der Waals surface area contributed by atoms with Gasteiger partial charge >= 0.3 is 0 Å². The third-order valence-corrected chi connectivity index (χ3v) is 1.24. The molecule has 0 fully saturated rings. The first-order valence-electron chi connectivity index (χ1n) is 3.25. The Balaban J connectivity index is 3.03. The first kappa shape index (κ1) is 6.93. The Labute approximate surface area is 60.6 Å². The zero-order valence-electron chi connectivity index (χ0n) is 6.20. The SMILES string of the molecule is C/C=C/c1nccnc1C. The molecule has 0 aliphatic heterocycles. The quantitative estimate of drug-likeness (QED) is 0.585. The van der Waals surface area contributed by atoms with Crippen LogP contribution in [-0.4, -0.2) is 9.97 Å². The van der Waals surface area contributed by atoms with E-state index in [1.807, 2.05) is 26.0 Å². The predicted molar refractivity (Wildman–Crippen MR) is 41.5 cm³/mol. The number of aryl methyl sites for hydroxylation is 1. The van der Waals surface area contributed by atoms with Gasteiger partial charge < -0.3 is 0 Å². The van der Waals surface area contributed by atoms with Gasteiger partial charge in [-0.3, -0.25) is 9.97 Å². The zero-order chi connectivity index (χ0) is 7.40. The van der Waals surface area contributed by atoms with Gasteiger partial charge in [-0.15, -0.1) is 0 Å². The maximum atomic E-state index is 4.12. The average molecular weight is 134 g/mol. The molecule has 0 N–H and O–H groups in total. The van der Waals surface area contributed by atoms with Crippen molar-refractivity contribution in [3.05, 3.63) is 29.9 Å². The molecule has 0 spiro atoms. The standard InChI is InChI=1S/C8H10N2/c1-3-4-8-7(2)9-5-6-10-8/h3-6H,1-2H3/b4-3+. The van der Waals surface area contributed by atoms with Gasteiger partial charge in [0.1, 0.15) is 0 Å². The third-order valence-electron chi connectivity index (χ3n) is 1.24. The van der Waals surface area contributed by atoms with Crippen molar-refractivity contribution in [3.8, 4) is 0 Å². The molecule has 1 aromatic heterocycles. The van der Waals surface area contributed by atoms with Gasteiger partial charge in [0.2, 0.25) is 0 Å². The Kier molecular flexibility index (Phi) is 2.15. The van der Waals surface area contributed by atoms with E-state index in [9.17, 15) is 0 Å². The molecule has 0 bridgehead atoms. The second-order valence-electron chi connectivity index (χ2n) is 2.03. The normalized spacial score (nSPS) is 10.6. The molecule has 0 atom stereocenters. The summed E-state index contributed by atoms with van der Waals surface area (Å²) in [7, 11) is 0. The lowest BCUT2D eigenvalue weighted by Gasteiger charge is -1.94. The van der Waals surface area contributed by atoms with Gasteiger partial charge in [-0.05, 0) is 19.9 Å². The van der Waals surface area contributed by atoms with E-state index in [1.54, 1.807) is 12.4 Å². The van der Waals surface area contributed by atoms with Crippen LogP contribution in [0.4, 0.5) is 0 Å². The smallest absolute Gasteiger partial charge is 0.0838 e. The summed E-state index contributed by atoms with van der Waals surface area (Å²) in [6.07, 6.45) is 7.30. The van der Waals surface area contributed by atoms with Gasteiger partial charge in [-0.1, -0.05) is 6.08 Å². The first-order chi connectivity index (χ1) is 4.84. The predicted octanol–water partition coefficient (Wildman–Crippen LogP) is 1.82. The average Bonchev–Trinajstić information content (AvgIpc) is 1.94. The fourth-order valence-electron chi connectivity index (χ4n) is 0.740. The molecule has 1 aromatic rings. The molecule has 10 heavy (non-hydrogen) atoms. The van der Waals surface area contributed by atoms with E-state index < -0.39 is 0 Å². The van der Waals surface area contributed by atoms with Crippen molar-refractivity contribution in [2.75, 3.05) is 0 Å². The van der Waals surface area contributed by atoms with E-state index in [-0.39, 0.29) is 0 Å². The number of allylic oxidation sites excluding steroid dienone is 1. The molecule has 0 amide bonds. The summed E-state index contributed by atoms with van der Waals surface area (Å²) in [5.41, 5.74) is 1.92. The minimum atomic E-state index is 0.949. The second-order valence-corrected chi connectivity index (χ2v) is 2.03. The summed E-state index contributed by atoms with van der Waals surface area (Å²) < 4.78 is 0. The Morgan fingerprint density at radius 2 is 2.00 bits per heavy atom. The number of rotatable bonds is 1. The molecule has 1 heterocycles. The molecule has 0 aliphatic carbocycles.